The number of carboxylic acid groups (broad SMARTS) is 1. The Hall–Kier alpha value is -1.82. The smallest absolute Gasteiger partial charge is 0.350 e. The second-order valence-corrected chi connectivity index (χ2v) is 3.35. The van der Waals surface area contributed by atoms with Crippen LogP contribution in [0, 0.1) is 0 Å². The van der Waals surface area contributed by atoms with Gasteiger partial charge in [-0.25, -0.2) is 13.9 Å². The van der Waals surface area contributed by atoms with Gasteiger partial charge in [0.2, 0.25) is 0 Å². The number of carbonyl (C=O) groups is 1. The van der Waals surface area contributed by atoms with E-state index < -0.39 is 18.2 Å². The van der Waals surface area contributed by atoms with Gasteiger partial charge in [-0.05, 0) is 12.1 Å². The summed E-state index contributed by atoms with van der Waals surface area (Å²) in [6.07, 6.45) is 1.39. The zero-order chi connectivity index (χ0) is 11.0. The Labute approximate surface area is 88.3 Å². The lowest BCUT2D eigenvalue weighted by Crippen LogP contribution is -2.24. The molecular weight excluding hydrogens is 222 g/mol. The van der Waals surface area contributed by atoms with Crippen LogP contribution in [0.15, 0.2) is 23.1 Å². The summed E-state index contributed by atoms with van der Waals surface area (Å²) >= 11 is 5.69. The summed E-state index contributed by atoms with van der Waals surface area (Å²) in [6.45, 7) is -0.460. The Morgan fingerprint density at radius 2 is 2.27 bits per heavy atom. The van der Waals surface area contributed by atoms with E-state index >= 15 is 0 Å². The molecule has 0 aliphatic rings. The molecule has 1 N–H and O–H groups in total. The van der Waals surface area contributed by atoms with E-state index in [1.165, 1.54) is 10.6 Å². The van der Waals surface area contributed by atoms with Crippen molar-refractivity contribution in [1.29, 1.82) is 0 Å². The van der Waals surface area contributed by atoms with Gasteiger partial charge in [-0.3, -0.25) is 4.79 Å². The number of hydrogen-bond acceptors (Lipinski definition) is 3. The molecule has 0 amide bonds. The van der Waals surface area contributed by atoms with Gasteiger partial charge in [0.1, 0.15) is 6.54 Å². The molecule has 0 saturated heterocycles. The van der Waals surface area contributed by atoms with Crippen LogP contribution in [0.2, 0.25) is 5.02 Å². The molecule has 2 rings (SSSR count). The standard InChI is InChI=1S/C8H6ClN3O3/c9-5-1-2-6-10-12(4-7(13)14)8(15)11(6)3-5/h1-3H,4H2,(H,13,14). The van der Waals surface area contributed by atoms with E-state index in [0.29, 0.717) is 10.7 Å². The Morgan fingerprint density at radius 3 is 2.93 bits per heavy atom. The van der Waals surface area contributed by atoms with Gasteiger partial charge in [-0.1, -0.05) is 11.6 Å². The molecule has 7 heteroatoms. The molecule has 0 atom stereocenters. The van der Waals surface area contributed by atoms with Crippen molar-refractivity contribution in [2.75, 3.05) is 0 Å². The fourth-order valence-corrected chi connectivity index (χ4v) is 1.38. The zero-order valence-electron chi connectivity index (χ0n) is 7.42. The third kappa shape index (κ3) is 1.71. The van der Waals surface area contributed by atoms with Gasteiger partial charge >= 0.3 is 11.7 Å². The molecule has 0 fully saturated rings. The number of fused-ring (bicyclic) bond motifs is 1. The Morgan fingerprint density at radius 1 is 1.53 bits per heavy atom. The number of pyridine rings is 1. The molecular formula is C8H6ClN3O3. The molecule has 78 valence electrons. The van der Waals surface area contributed by atoms with Gasteiger partial charge in [0.25, 0.3) is 0 Å². The van der Waals surface area contributed by atoms with Crippen LogP contribution in [0.25, 0.3) is 5.65 Å². The summed E-state index contributed by atoms with van der Waals surface area (Å²) in [6, 6.07) is 3.12. The predicted molar refractivity (Wildman–Crippen MR) is 52.1 cm³/mol. The minimum Gasteiger partial charge on any atom is -0.480 e. The van der Waals surface area contributed by atoms with Gasteiger partial charge in [-0.2, -0.15) is 0 Å². The normalized spacial score (nSPS) is 10.7. The molecule has 0 aliphatic carbocycles. The minimum absolute atomic E-state index is 0.366. The van der Waals surface area contributed by atoms with Crippen molar-refractivity contribution in [2.45, 2.75) is 6.54 Å². The zero-order valence-corrected chi connectivity index (χ0v) is 8.18. The average Bonchev–Trinajstić information content (AvgIpc) is 2.44. The van der Waals surface area contributed by atoms with Crippen LogP contribution >= 0.6 is 11.6 Å². The molecule has 0 aromatic carbocycles. The molecule has 15 heavy (non-hydrogen) atoms. The van der Waals surface area contributed by atoms with Gasteiger partial charge < -0.3 is 5.11 Å². The Bertz CT molecular complexity index is 586. The number of rotatable bonds is 2. The average molecular weight is 228 g/mol. The van der Waals surface area contributed by atoms with E-state index in [1.54, 1.807) is 12.1 Å². The van der Waals surface area contributed by atoms with Crippen LogP contribution in [-0.2, 0) is 11.3 Å². The van der Waals surface area contributed by atoms with Gasteiger partial charge in [0.05, 0.1) is 5.02 Å². The molecule has 2 heterocycles. The fraction of sp³-hybridized carbons (Fsp3) is 0.125. The van der Waals surface area contributed by atoms with Gasteiger partial charge in [0.15, 0.2) is 5.65 Å². The molecule has 0 saturated carbocycles. The maximum Gasteiger partial charge on any atom is 0.350 e. The van der Waals surface area contributed by atoms with Crippen molar-refractivity contribution in [2.24, 2.45) is 0 Å². The maximum absolute atomic E-state index is 11.6. The third-order valence-electron chi connectivity index (χ3n) is 1.83. The van der Waals surface area contributed by atoms with Crippen molar-refractivity contribution < 1.29 is 9.90 Å². The largest absolute Gasteiger partial charge is 0.480 e. The number of halogens is 1. The first-order chi connectivity index (χ1) is 7.08. The molecule has 0 spiro atoms. The number of aliphatic carboxylic acids is 1. The van der Waals surface area contributed by atoms with E-state index in [-0.39, 0.29) is 0 Å². The second kappa shape index (κ2) is 3.39. The van der Waals surface area contributed by atoms with E-state index in [4.69, 9.17) is 16.7 Å². The summed E-state index contributed by atoms with van der Waals surface area (Å²) in [5, 5.41) is 12.7. The van der Waals surface area contributed by atoms with Crippen LogP contribution in [0.3, 0.4) is 0 Å². The van der Waals surface area contributed by atoms with E-state index in [2.05, 4.69) is 5.10 Å². The SMILES string of the molecule is O=C(O)Cn1nc2ccc(Cl)cn2c1=O. The maximum atomic E-state index is 11.6. The van der Waals surface area contributed by atoms with Crippen LogP contribution in [0.5, 0.6) is 0 Å². The number of carboxylic acids is 1. The van der Waals surface area contributed by atoms with Crippen LogP contribution in [0.4, 0.5) is 0 Å². The second-order valence-electron chi connectivity index (χ2n) is 2.91. The molecule has 2 aromatic rings. The third-order valence-corrected chi connectivity index (χ3v) is 2.05. The first-order valence-electron chi connectivity index (χ1n) is 4.04. The first kappa shape index (κ1) is 9.72. The minimum atomic E-state index is -1.12. The van der Waals surface area contributed by atoms with Crippen LogP contribution in [-0.4, -0.2) is 25.3 Å². The lowest BCUT2D eigenvalue weighted by molar-refractivity contribution is -0.137. The van der Waals surface area contributed by atoms with Crippen molar-refractivity contribution in [1.82, 2.24) is 14.2 Å². The first-order valence-corrected chi connectivity index (χ1v) is 4.42. The molecule has 0 unspecified atom stereocenters. The van der Waals surface area contributed by atoms with Gasteiger partial charge in [0, 0.05) is 6.20 Å². The lowest BCUT2D eigenvalue weighted by atomic mass is 10.5. The van der Waals surface area contributed by atoms with Crippen molar-refractivity contribution in [3.05, 3.63) is 33.8 Å². The van der Waals surface area contributed by atoms with E-state index in [0.717, 1.165) is 4.68 Å². The molecule has 2 aromatic heterocycles. The highest BCUT2D eigenvalue weighted by Crippen LogP contribution is 2.07. The van der Waals surface area contributed by atoms with Crippen molar-refractivity contribution in [3.8, 4) is 0 Å². The molecule has 0 bridgehead atoms. The molecule has 0 aliphatic heterocycles. The van der Waals surface area contributed by atoms with E-state index in [1.807, 2.05) is 0 Å². The topological polar surface area (TPSA) is 76.6 Å². The highest BCUT2D eigenvalue weighted by atomic mass is 35.5. The van der Waals surface area contributed by atoms with Crippen LogP contribution in [0.1, 0.15) is 0 Å². The Kier molecular flexibility index (Phi) is 2.20. The van der Waals surface area contributed by atoms with Crippen molar-refractivity contribution in [3.63, 3.8) is 0 Å². The quantitative estimate of drug-likeness (QED) is 0.797. The number of hydrogen-bond donors (Lipinski definition) is 1. The summed E-state index contributed by atoms with van der Waals surface area (Å²) in [7, 11) is 0. The summed E-state index contributed by atoms with van der Waals surface area (Å²) < 4.78 is 2.07. The van der Waals surface area contributed by atoms with Gasteiger partial charge in [-0.15, -0.1) is 5.10 Å². The predicted octanol–water partition coefficient (Wildman–Crippen LogP) is 0.234. The van der Waals surface area contributed by atoms with Crippen LogP contribution < -0.4 is 5.69 Å². The summed E-state index contributed by atoms with van der Waals surface area (Å²) in [5.41, 5.74) is -0.152. The number of aromatic nitrogens is 3. The highest BCUT2D eigenvalue weighted by Gasteiger charge is 2.09. The monoisotopic (exact) mass is 227 g/mol. The fourth-order valence-electron chi connectivity index (χ4n) is 1.22. The van der Waals surface area contributed by atoms with E-state index in [9.17, 15) is 9.59 Å². The lowest BCUT2D eigenvalue weighted by Gasteiger charge is -1.90. The Balaban J connectivity index is 2.65. The molecule has 0 radical (unpaired) electrons. The van der Waals surface area contributed by atoms with Crippen molar-refractivity contribution >= 4 is 23.2 Å². The highest BCUT2D eigenvalue weighted by molar-refractivity contribution is 6.30. The molecule has 6 nitrogen and oxygen atoms in total. The number of nitrogens with zero attached hydrogens (tertiary/aromatic N) is 3. The summed E-state index contributed by atoms with van der Waals surface area (Å²) in [4.78, 5) is 22.0. The summed E-state index contributed by atoms with van der Waals surface area (Å²) in [5.74, 6) is -1.12.